The van der Waals surface area contributed by atoms with Crippen molar-refractivity contribution in [3.8, 4) is 0 Å². The van der Waals surface area contributed by atoms with Crippen LogP contribution in [0.5, 0.6) is 0 Å². The van der Waals surface area contributed by atoms with Gasteiger partial charge in [-0.25, -0.2) is 73.1 Å². The zero-order chi connectivity index (χ0) is 79.2. The van der Waals surface area contributed by atoms with Crippen LogP contribution < -0.4 is 36.5 Å². The number of hydrogen-bond donors (Lipinski definition) is 0. The van der Waals surface area contributed by atoms with Crippen LogP contribution in [0.25, 0.3) is 0 Å². The molecule has 25 nitrogen and oxygen atoms in total. The van der Waals surface area contributed by atoms with Gasteiger partial charge in [-0.05, 0) is 92.1 Å². The highest BCUT2D eigenvalue weighted by Gasteiger charge is 2.40. The lowest BCUT2D eigenvalue weighted by molar-refractivity contribution is -0.677. The number of aromatic nitrogens is 16. The molecule has 0 aliphatic rings. The Morgan fingerprint density at radius 3 is 0.965 bits per heavy atom. The maximum atomic E-state index is 5.83. The highest BCUT2D eigenvalue weighted by Crippen LogP contribution is 2.19. The molecular weight excluding hydrogens is 1520 g/mol. The Hall–Kier alpha value is -5.33. The Morgan fingerprint density at radius 1 is 0.386 bits per heavy atom. The first-order chi connectivity index (χ1) is 50.6. The number of nitrogens with zero attached hydrogens (tertiary/aromatic N) is 18. The first-order valence-corrected chi connectivity index (χ1v) is 48.3. The highest BCUT2D eigenvalue weighted by molar-refractivity contribution is 7.99. The molecule has 0 fully saturated rings. The van der Waals surface area contributed by atoms with Crippen molar-refractivity contribution in [1.29, 1.82) is 0 Å². The van der Waals surface area contributed by atoms with Crippen molar-refractivity contribution >= 4 is 49.2 Å². The predicted molar refractivity (Wildman–Crippen MR) is 491 cm³/mol. The third kappa shape index (κ3) is 59.3. The van der Waals surface area contributed by atoms with Crippen LogP contribution in [0.1, 0.15) is 139 Å². The van der Waals surface area contributed by atoms with E-state index in [1.807, 2.05) is 124 Å². The van der Waals surface area contributed by atoms with Gasteiger partial charge in [-0.15, -0.1) is 0 Å². The molecule has 0 aliphatic heterocycles. The van der Waals surface area contributed by atoms with Crippen molar-refractivity contribution in [2.45, 2.75) is 230 Å². The summed E-state index contributed by atoms with van der Waals surface area (Å²) in [6.07, 6.45) is 55.7. The molecule has 8 heterocycles. The van der Waals surface area contributed by atoms with E-state index in [0.29, 0.717) is 19.8 Å². The van der Waals surface area contributed by atoms with Crippen molar-refractivity contribution < 1.29 is 67.8 Å². The van der Waals surface area contributed by atoms with Crippen molar-refractivity contribution in [2.24, 2.45) is 56.4 Å². The second kappa shape index (κ2) is 74.0. The molecule has 0 unspecified atom stereocenters. The molecule has 0 spiro atoms. The van der Waals surface area contributed by atoms with E-state index in [0.717, 1.165) is 97.0 Å². The van der Waals surface area contributed by atoms with E-state index >= 15 is 0 Å². The number of ether oxygens (including phenoxy) is 1. The van der Waals surface area contributed by atoms with Crippen molar-refractivity contribution in [1.82, 2.24) is 46.3 Å². The van der Waals surface area contributed by atoms with Crippen LogP contribution in [-0.4, -0.2) is 191 Å². The summed E-state index contributed by atoms with van der Waals surface area (Å²) in [6.45, 7) is 37.9. The normalized spacial score (nSPS) is 10.5. The third-order valence-electron chi connectivity index (χ3n) is 16.9. The van der Waals surface area contributed by atoms with E-state index in [9.17, 15) is 0 Å². The summed E-state index contributed by atoms with van der Waals surface area (Å²) >= 11 is 3.87. The smallest absolute Gasteiger partial charge is 0.381 e. The Labute approximate surface area is 713 Å². The van der Waals surface area contributed by atoms with Gasteiger partial charge in [0.1, 0.15) is 106 Å². The summed E-state index contributed by atoms with van der Waals surface area (Å²) in [5, 5.41) is 0. The van der Waals surface area contributed by atoms with Crippen LogP contribution in [0.15, 0.2) is 143 Å². The number of aryl methyl sites for hydroxylation is 15. The summed E-state index contributed by atoms with van der Waals surface area (Å²) < 4.78 is 72.6. The van der Waals surface area contributed by atoms with Crippen LogP contribution in [-0.2, 0) is 140 Å². The number of methoxy groups -OCH3 is 1. The zero-order valence-corrected chi connectivity index (χ0v) is 75.7. The van der Waals surface area contributed by atoms with Crippen molar-refractivity contribution in [2.75, 3.05) is 119 Å². The molecule has 0 saturated heterocycles. The second-order valence-corrected chi connectivity index (χ2v) is 41.6. The fourth-order valence-corrected chi connectivity index (χ4v) is 17.4. The first-order valence-electron chi connectivity index (χ1n) is 38.2. The minimum atomic E-state index is -2.46. The molecule has 0 radical (unpaired) electrons. The molecule has 114 heavy (non-hydrogen) atoms. The van der Waals surface area contributed by atoms with E-state index in [-0.39, 0.29) is 59.4 Å². The number of thioether (sulfide) groups is 2. The average molecular weight is 1710 g/mol. The van der Waals surface area contributed by atoms with E-state index in [1.165, 1.54) is 61.5 Å². The van der Waals surface area contributed by atoms with Crippen LogP contribution in [0.4, 0.5) is 0 Å². The van der Waals surface area contributed by atoms with Crippen LogP contribution >= 0.6 is 23.5 Å². The lowest BCUT2D eigenvalue weighted by atomic mass is 10.3. The Morgan fingerprint density at radius 2 is 0.702 bits per heavy atom. The highest BCUT2D eigenvalue weighted by atomic mass is 32.2. The van der Waals surface area contributed by atoms with Gasteiger partial charge in [0.05, 0.1) is 109 Å². The topological polar surface area (TPSA) is 142 Å². The standard InChI is InChI=1S/C13H27N2O3Si.C11H22N3.C10H21N2O3Si.C10H21N2Si.C9H18N3.C9H17N2S.C7H13N2O.C7H13N2S.8CH4/c1-5-16-19(17-6-2,18-7-3)12-8-9-15-11-10-14(4)13-15;1-4-13(5-2)7-6-8-14-10-9-12(3)11-14;1-11-7-8-12(10-11)6-5-9-16(13-2,14-3)15-4;1-11-7-8-12(10-11)6-5-9-13(2,3)4;1-10(2)5-4-6-12-8-7-11(3)9-12;1-4-12-8-7-11-6-5-10(3)9(11)2;2*1-8-3-4-9(7-8)5-6-10-2;;;;;;;;/h10-11,13H,5-9,12H2,1-4H3;9-11H,4-8H2,1-3H3;7-8,10H,5-6,9H2,1-4H3;7-8,10H,5-6,9H2,1-4H3;7-9H,4-6H2,1-3H3;5-6H,4,7-8H2,1-3H3;2*3-4,7H,5-6H2,1-2H3;8*1H4/q8*+1;;;;;;;;. The fourth-order valence-electron chi connectivity index (χ4n) is 10.9. The zero-order valence-electron chi connectivity index (χ0n) is 71.1. The number of imidazole rings is 8. The molecule has 0 atom stereocenters. The molecule has 0 bridgehead atoms. The molecule has 30 heteroatoms. The van der Waals surface area contributed by atoms with E-state index in [4.69, 9.17) is 31.3 Å². The monoisotopic (exact) mass is 1710 g/mol. The predicted octanol–water partition coefficient (Wildman–Crippen LogP) is 12.8. The molecule has 0 N–H and O–H groups in total. The summed E-state index contributed by atoms with van der Waals surface area (Å²) in [7, 11) is 21.5. The SMILES string of the molecule is C.C.C.C.C.C.C.C.CCN(CC)CCCn1cc[n+](C)c1.CCO[Si](CCCn1cc[n+](C)c1)(OCC)OCC.CCSCCn1cc[n+](C)c1C.CN(C)CCCn1cc[n+](C)c1.COCCn1cc[n+](C)c1.CO[Si](CCCn1cc[n+](C)c1)(OC)OC.CSCCn1cc[n+](C)c1.C[n+]1ccn(CCC[Si](C)(C)C)c1. The third-order valence-corrected chi connectivity index (χ3v) is 26.2. The number of rotatable bonds is 41. The Bertz CT molecular complexity index is 3280. The maximum absolute atomic E-state index is 5.83. The van der Waals surface area contributed by atoms with Crippen LogP contribution in [0.3, 0.4) is 0 Å². The molecule has 0 amide bonds. The van der Waals surface area contributed by atoms with Gasteiger partial charge < -0.3 is 41.1 Å². The van der Waals surface area contributed by atoms with Gasteiger partial charge >= 0.3 is 17.6 Å². The lowest BCUT2D eigenvalue weighted by Gasteiger charge is -2.28. The molecule has 668 valence electrons. The van der Waals surface area contributed by atoms with E-state index < -0.39 is 25.7 Å². The average Bonchev–Trinajstić information content (AvgIpc) is 1.14. The van der Waals surface area contributed by atoms with Gasteiger partial charge in [0, 0.05) is 99.9 Å². The van der Waals surface area contributed by atoms with Gasteiger partial charge in [-0.1, -0.05) is 106 Å². The van der Waals surface area contributed by atoms with Crippen molar-refractivity contribution in [3.05, 3.63) is 149 Å². The van der Waals surface area contributed by atoms with Gasteiger partial charge in [-0.3, -0.25) is 0 Å². The fraction of sp³-hybridized carbons (Fsp3) is 0.714. The summed E-state index contributed by atoms with van der Waals surface area (Å²) in [5.74, 6) is 4.94. The summed E-state index contributed by atoms with van der Waals surface area (Å²) in [4.78, 5) is 4.67. The molecule has 0 aliphatic carbocycles. The van der Waals surface area contributed by atoms with Gasteiger partial charge in [-0.2, -0.15) is 23.5 Å². The molecule has 0 saturated carbocycles. The minimum Gasteiger partial charge on any atom is -0.381 e. The molecule has 0 aromatic carbocycles. The summed E-state index contributed by atoms with van der Waals surface area (Å²) in [5.41, 5.74) is 0. The lowest BCUT2D eigenvalue weighted by Crippen LogP contribution is -2.46. The van der Waals surface area contributed by atoms with E-state index in [1.54, 1.807) is 28.4 Å². The van der Waals surface area contributed by atoms with Gasteiger partial charge in [0.15, 0.2) is 0 Å². The minimum absolute atomic E-state index is 0. The quantitative estimate of drug-likeness (QED) is 0.0205. The van der Waals surface area contributed by atoms with E-state index in [2.05, 4.69) is 270 Å². The van der Waals surface area contributed by atoms with Crippen molar-refractivity contribution in [3.63, 3.8) is 0 Å². The number of hydrogen-bond acceptors (Lipinski definition) is 11. The molecule has 8 aromatic rings. The molecular formula is C84H184N18O7S2Si3+8. The van der Waals surface area contributed by atoms with Gasteiger partial charge in [0.25, 0.3) is 5.82 Å². The summed E-state index contributed by atoms with van der Waals surface area (Å²) in [6, 6.07) is 3.12. The Kier molecular flexibility index (Phi) is 80.7. The Balaban J connectivity index is -0.000000187. The molecule has 8 rings (SSSR count). The maximum Gasteiger partial charge on any atom is 0.501 e. The van der Waals surface area contributed by atoms with Crippen LogP contribution in [0, 0.1) is 6.92 Å². The van der Waals surface area contributed by atoms with Crippen LogP contribution in [0.2, 0.25) is 37.8 Å². The second-order valence-electron chi connectivity index (χ2n) is 27.7. The molecule has 8 aromatic heterocycles. The first kappa shape index (κ1) is 124. The van der Waals surface area contributed by atoms with Gasteiger partial charge in [0.2, 0.25) is 44.3 Å². The largest absolute Gasteiger partial charge is 0.501 e.